The van der Waals surface area contributed by atoms with E-state index in [1.165, 1.54) is 21.5 Å². The zero-order chi connectivity index (χ0) is 13.2. The van der Waals surface area contributed by atoms with Crippen LogP contribution in [0.5, 0.6) is 0 Å². The van der Waals surface area contributed by atoms with Crippen molar-refractivity contribution < 1.29 is 0 Å². The van der Waals surface area contributed by atoms with Gasteiger partial charge in [-0.3, -0.25) is 4.90 Å². The lowest BCUT2D eigenvalue weighted by molar-refractivity contribution is 0.175. The Morgan fingerprint density at radius 3 is 2.63 bits per heavy atom. The number of rotatable bonds is 3. The van der Waals surface area contributed by atoms with Crippen LogP contribution in [0.2, 0.25) is 0 Å². The van der Waals surface area contributed by atoms with Crippen LogP contribution in [0.25, 0.3) is 0 Å². The number of thiocarbonyl (C=S) groups is 1. The van der Waals surface area contributed by atoms with Gasteiger partial charge in [-0.05, 0) is 53.1 Å². The maximum atomic E-state index is 5.45. The van der Waals surface area contributed by atoms with Gasteiger partial charge >= 0.3 is 0 Å². The van der Waals surface area contributed by atoms with Crippen LogP contribution >= 0.6 is 39.5 Å². The van der Waals surface area contributed by atoms with Crippen molar-refractivity contribution in [1.29, 1.82) is 0 Å². The predicted octanol–water partition coefficient (Wildman–Crippen LogP) is 2.67. The Hall–Kier alpha value is -0.170. The summed E-state index contributed by atoms with van der Waals surface area (Å²) in [4.78, 5) is 6.25. The van der Waals surface area contributed by atoms with E-state index in [4.69, 9.17) is 12.2 Å². The molecule has 3 rings (SSSR count). The first-order chi connectivity index (χ1) is 9.20. The zero-order valence-electron chi connectivity index (χ0n) is 10.8. The lowest BCUT2D eigenvalue weighted by Crippen LogP contribution is -2.51. The van der Waals surface area contributed by atoms with Gasteiger partial charge in [0, 0.05) is 43.6 Å². The van der Waals surface area contributed by atoms with E-state index in [1.54, 1.807) is 0 Å². The molecular weight excluding hydrogens is 342 g/mol. The minimum atomic E-state index is 0.661. The summed E-state index contributed by atoms with van der Waals surface area (Å²) in [6.45, 7) is 5.35. The SMILES string of the molecule is S=C(NC1CC1)N1CCN(Cc2ccc(Br)s2)CC1. The van der Waals surface area contributed by atoms with Gasteiger partial charge < -0.3 is 10.2 Å². The van der Waals surface area contributed by atoms with E-state index in [0.717, 1.165) is 37.8 Å². The van der Waals surface area contributed by atoms with Crippen LogP contribution in [0, 0.1) is 0 Å². The van der Waals surface area contributed by atoms with Crippen molar-refractivity contribution in [3.63, 3.8) is 0 Å². The summed E-state index contributed by atoms with van der Waals surface area (Å²) in [6, 6.07) is 5.00. The summed E-state index contributed by atoms with van der Waals surface area (Å²) in [5.74, 6) is 0. The largest absolute Gasteiger partial charge is 0.360 e. The van der Waals surface area contributed by atoms with Crippen molar-refractivity contribution in [2.24, 2.45) is 0 Å². The van der Waals surface area contributed by atoms with Gasteiger partial charge in [-0.15, -0.1) is 11.3 Å². The number of nitrogens with one attached hydrogen (secondary N) is 1. The van der Waals surface area contributed by atoms with Crippen LogP contribution in [-0.2, 0) is 6.54 Å². The van der Waals surface area contributed by atoms with Crippen molar-refractivity contribution in [3.8, 4) is 0 Å². The van der Waals surface area contributed by atoms with E-state index >= 15 is 0 Å². The van der Waals surface area contributed by atoms with Gasteiger partial charge in [-0.25, -0.2) is 0 Å². The second kappa shape index (κ2) is 6.08. The topological polar surface area (TPSA) is 18.5 Å². The Labute approximate surface area is 132 Å². The van der Waals surface area contributed by atoms with Gasteiger partial charge in [0.25, 0.3) is 0 Å². The first-order valence-electron chi connectivity index (χ1n) is 6.73. The third-order valence-electron chi connectivity index (χ3n) is 3.57. The highest BCUT2D eigenvalue weighted by molar-refractivity contribution is 9.11. The first-order valence-corrected chi connectivity index (χ1v) is 8.74. The number of piperazine rings is 1. The molecule has 0 atom stereocenters. The molecule has 19 heavy (non-hydrogen) atoms. The minimum Gasteiger partial charge on any atom is -0.360 e. The van der Waals surface area contributed by atoms with Crippen molar-refractivity contribution >= 4 is 44.6 Å². The van der Waals surface area contributed by atoms with Crippen LogP contribution < -0.4 is 5.32 Å². The first kappa shape index (κ1) is 13.8. The lowest BCUT2D eigenvalue weighted by atomic mass is 10.3. The predicted molar refractivity (Wildman–Crippen MR) is 87.6 cm³/mol. The van der Waals surface area contributed by atoms with E-state index in [0.29, 0.717) is 6.04 Å². The van der Waals surface area contributed by atoms with Crippen LogP contribution in [0.15, 0.2) is 15.9 Å². The van der Waals surface area contributed by atoms with Gasteiger partial charge in [-0.2, -0.15) is 0 Å². The van der Waals surface area contributed by atoms with Gasteiger partial charge in [-0.1, -0.05) is 0 Å². The number of halogens is 1. The molecule has 0 radical (unpaired) electrons. The maximum absolute atomic E-state index is 5.45. The molecule has 1 aromatic heterocycles. The second-order valence-electron chi connectivity index (χ2n) is 5.19. The highest BCUT2D eigenvalue weighted by atomic mass is 79.9. The molecule has 1 saturated carbocycles. The quantitative estimate of drug-likeness (QED) is 0.835. The molecule has 1 aliphatic carbocycles. The van der Waals surface area contributed by atoms with E-state index in [9.17, 15) is 0 Å². The summed E-state index contributed by atoms with van der Waals surface area (Å²) >= 11 is 10.8. The molecule has 0 spiro atoms. The number of nitrogens with zero attached hydrogens (tertiary/aromatic N) is 2. The van der Waals surface area contributed by atoms with Crippen LogP contribution in [0.4, 0.5) is 0 Å². The summed E-state index contributed by atoms with van der Waals surface area (Å²) in [5, 5.41) is 4.39. The molecule has 104 valence electrons. The summed E-state index contributed by atoms with van der Waals surface area (Å²) < 4.78 is 1.22. The Bertz CT molecular complexity index is 450. The van der Waals surface area contributed by atoms with Crippen LogP contribution in [0.1, 0.15) is 17.7 Å². The van der Waals surface area contributed by atoms with Crippen molar-refractivity contribution in [2.75, 3.05) is 26.2 Å². The third-order valence-corrected chi connectivity index (χ3v) is 5.56. The van der Waals surface area contributed by atoms with Gasteiger partial charge in [0.05, 0.1) is 3.79 Å². The zero-order valence-corrected chi connectivity index (χ0v) is 14.0. The average Bonchev–Trinajstić information content (AvgIpc) is 3.12. The summed E-state index contributed by atoms with van der Waals surface area (Å²) in [6.07, 6.45) is 2.57. The Balaban J connectivity index is 1.44. The summed E-state index contributed by atoms with van der Waals surface area (Å²) in [7, 11) is 0. The molecule has 0 aromatic carbocycles. The van der Waals surface area contributed by atoms with Crippen molar-refractivity contribution in [1.82, 2.24) is 15.1 Å². The number of hydrogen-bond donors (Lipinski definition) is 1. The van der Waals surface area contributed by atoms with E-state index in [-0.39, 0.29) is 0 Å². The molecule has 1 aliphatic heterocycles. The van der Waals surface area contributed by atoms with E-state index in [1.807, 2.05) is 11.3 Å². The maximum Gasteiger partial charge on any atom is 0.169 e. The molecule has 6 heteroatoms. The Kier molecular flexibility index (Phi) is 4.41. The number of hydrogen-bond acceptors (Lipinski definition) is 3. The monoisotopic (exact) mass is 359 g/mol. The van der Waals surface area contributed by atoms with Crippen molar-refractivity contribution in [2.45, 2.75) is 25.4 Å². The molecular formula is C13H18BrN3S2. The molecule has 1 aromatic rings. The smallest absolute Gasteiger partial charge is 0.169 e. The fourth-order valence-electron chi connectivity index (χ4n) is 2.26. The standard InChI is InChI=1S/C13H18BrN3S2/c14-12-4-3-11(19-12)9-16-5-7-17(8-6-16)13(18)15-10-1-2-10/h3-4,10H,1-2,5-9H2,(H,15,18). The van der Waals surface area contributed by atoms with Crippen LogP contribution in [0.3, 0.4) is 0 Å². The highest BCUT2D eigenvalue weighted by Crippen LogP contribution is 2.24. The highest BCUT2D eigenvalue weighted by Gasteiger charge is 2.25. The molecule has 0 amide bonds. The number of thiophene rings is 1. The second-order valence-corrected chi connectivity index (χ2v) is 8.13. The molecule has 2 aliphatic rings. The van der Waals surface area contributed by atoms with Crippen LogP contribution in [-0.4, -0.2) is 47.1 Å². The molecule has 2 heterocycles. The molecule has 0 unspecified atom stereocenters. The Morgan fingerprint density at radius 1 is 1.32 bits per heavy atom. The average molecular weight is 360 g/mol. The fourth-order valence-corrected chi connectivity index (χ4v) is 4.13. The van der Waals surface area contributed by atoms with Crippen molar-refractivity contribution in [3.05, 3.63) is 20.8 Å². The van der Waals surface area contributed by atoms with E-state index in [2.05, 4.69) is 43.2 Å². The Morgan fingerprint density at radius 2 is 2.05 bits per heavy atom. The third kappa shape index (κ3) is 3.90. The molecule has 0 bridgehead atoms. The van der Waals surface area contributed by atoms with E-state index < -0.39 is 0 Å². The molecule has 2 fully saturated rings. The molecule has 3 nitrogen and oxygen atoms in total. The van der Waals surface area contributed by atoms with Gasteiger partial charge in [0.15, 0.2) is 5.11 Å². The summed E-state index contributed by atoms with van der Waals surface area (Å²) in [5.41, 5.74) is 0. The van der Waals surface area contributed by atoms with Gasteiger partial charge in [0.2, 0.25) is 0 Å². The minimum absolute atomic E-state index is 0.661. The fraction of sp³-hybridized carbons (Fsp3) is 0.615. The molecule has 1 saturated heterocycles. The normalized spacial score (nSPS) is 20.6. The molecule has 1 N–H and O–H groups in total. The lowest BCUT2D eigenvalue weighted by Gasteiger charge is -2.36. The van der Waals surface area contributed by atoms with Gasteiger partial charge in [0.1, 0.15) is 0 Å².